The number of ether oxygens (including phenoxy) is 1. The Hall–Kier alpha value is -4.90. The third-order valence-corrected chi connectivity index (χ3v) is 12.3. The molecular formula is C41H32BrCl2N3O6. The van der Waals surface area contributed by atoms with Crippen LogP contribution >= 0.6 is 39.1 Å². The molecule has 6 atom stereocenters. The van der Waals surface area contributed by atoms with Crippen molar-refractivity contribution in [3.8, 4) is 11.5 Å². The van der Waals surface area contributed by atoms with Crippen LogP contribution in [0.4, 0.5) is 11.4 Å². The van der Waals surface area contributed by atoms with Crippen molar-refractivity contribution in [3.05, 3.63) is 134 Å². The number of carbonyl (C=O) groups excluding carboxylic acids is 4. The van der Waals surface area contributed by atoms with Gasteiger partial charge in [-0.3, -0.25) is 29.5 Å². The van der Waals surface area contributed by atoms with Crippen molar-refractivity contribution in [1.29, 1.82) is 0 Å². The molecule has 8 rings (SSSR count). The number of fused-ring (bicyclic) bond motifs is 4. The summed E-state index contributed by atoms with van der Waals surface area (Å²) in [7, 11) is 1.54. The fourth-order valence-corrected chi connectivity index (χ4v) is 9.79. The summed E-state index contributed by atoms with van der Waals surface area (Å²) in [4.78, 5) is 60.1. The number of phenols is 1. The van der Waals surface area contributed by atoms with Crippen LogP contribution in [-0.2, 0) is 24.6 Å². The highest BCUT2D eigenvalue weighted by Crippen LogP contribution is 2.65. The Balaban J connectivity index is 1.33. The summed E-state index contributed by atoms with van der Waals surface area (Å²) in [5, 5.41) is 13.2. The molecule has 268 valence electrons. The number of carbonyl (C=O) groups is 4. The van der Waals surface area contributed by atoms with Crippen LogP contribution in [0.2, 0.25) is 10.0 Å². The van der Waals surface area contributed by atoms with Gasteiger partial charge in [0.15, 0.2) is 0 Å². The molecule has 12 heteroatoms. The molecular weight excluding hydrogens is 781 g/mol. The highest BCUT2D eigenvalue weighted by molar-refractivity contribution is 9.10. The lowest BCUT2D eigenvalue weighted by Gasteiger charge is -2.50. The number of hydrazine groups is 1. The van der Waals surface area contributed by atoms with Gasteiger partial charge in [-0.25, -0.2) is 0 Å². The number of benzene rings is 4. The number of aromatic hydroxyl groups is 1. The molecule has 3 fully saturated rings. The largest absolute Gasteiger partial charge is 0.508 e. The van der Waals surface area contributed by atoms with Crippen LogP contribution < -0.4 is 15.1 Å². The minimum Gasteiger partial charge on any atom is -0.508 e. The number of methoxy groups -OCH3 is 1. The maximum absolute atomic E-state index is 15.4. The number of hydrogen-bond donors (Lipinski definition) is 2. The smallest absolute Gasteiger partial charge is 0.260 e. The maximum atomic E-state index is 15.4. The molecule has 4 aliphatic rings. The molecule has 1 saturated carbocycles. The molecule has 0 radical (unpaired) electrons. The van der Waals surface area contributed by atoms with Gasteiger partial charge in [-0.2, -0.15) is 5.01 Å². The van der Waals surface area contributed by atoms with Gasteiger partial charge in [-0.1, -0.05) is 87.7 Å². The zero-order valence-corrected chi connectivity index (χ0v) is 31.4. The number of amides is 4. The number of imide groups is 2. The first-order valence-corrected chi connectivity index (χ1v) is 18.6. The zero-order chi connectivity index (χ0) is 37.3. The number of phenolic OH excluding ortho intramolecular Hbond substituents is 1. The molecule has 0 spiro atoms. The number of nitrogens with zero attached hydrogens (tertiary/aromatic N) is 2. The van der Waals surface area contributed by atoms with Crippen LogP contribution in [0.15, 0.2) is 108 Å². The molecule has 0 aromatic heterocycles. The topological polar surface area (TPSA) is 116 Å². The average molecular weight is 814 g/mol. The van der Waals surface area contributed by atoms with Crippen molar-refractivity contribution in [2.75, 3.05) is 17.4 Å². The van der Waals surface area contributed by atoms with Gasteiger partial charge in [0.05, 0.1) is 46.7 Å². The first-order chi connectivity index (χ1) is 25.5. The molecule has 9 nitrogen and oxygen atoms in total. The molecule has 2 saturated heterocycles. The summed E-state index contributed by atoms with van der Waals surface area (Å²) >= 11 is 16.3. The van der Waals surface area contributed by atoms with Gasteiger partial charge in [0.1, 0.15) is 11.5 Å². The Morgan fingerprint density at radius 2 is 1.66 bits per heavy atom. The zero-order valence-electron chi connectivity index (χ0n) is 28.3. The van der Waals surface area contributed by atoms with E-state index in [4.69, 9.17) is 27.9 Å². The highest BCUT2D eigenvalue weighted by atomic mass is 79.9. The third kappa shape index (κ3) is 5.33. The Labute approximate surface area is 323 Å². The molecule has 2 heterocycles. The summed E-state index contributed by atoms with van der Waals surface area (Å²) < 4.78 is 6.10. The van der Waals surface area contributed by atoms with Crippen molar-refractivity contribution in [1.82, 2.24) is 5.01 Å². The number of rotatable bonds is 7. The first-order valence-electron chi connectivity index (χ1n) is 17.0. The van der Waals surface area contributed by atoms with E-state index in [1.165, 1.54) is 24.1 Å². The molecule has 0 bridgehead atoms. The Morgan fingerprint density at radius 1 is 0.925 bits per heavy atom. The first kappa shape index (κ1) is 35.1. The molecule has 4 aromatic carbocycles. The minimum atomic E-state index is -1.60. The van der Waals surface area contributed by atoms with Crippen LogP contribution in [0.3, 0.4) is 0 Å². The van der Waals surface area contributed by atoms with Crippen molar-refractivity contribution in [3.63, 3.8) is 0 Å². The van der Waals surface area contributed by atoms with E-state index in [2.05, 4.69) is 27.9 Å². The highest BCUT2D eigenvalue weighted by Gasteiger charge is 2.70. The van der Waals surface area contributed by atoms with Crippen LogP contribution in [0, 0.1) is 23.7 Å². The Morgan fingerprint density at radius 3 is 2.34 bits per heavy atom. The van der Waals surface area contributed by atoms with Gasteiger partial charge < -0.3 is 9.84 Å². The summed E-state index contributed by atoms with van der Waals surface area (Å²) in [6.45, 7) is 3.79. The van der Waals surface area contributed by atoms with Crippen LogP contribution in [0.25, 0.3) is 6.08 Å². The number of nitrogens with one attached hydrogen (secondary N) is 1. The predicted octanol–water partition coefficient (Wildman–Crippen LogP) is 8.30. The van der Waals surface area contributed by atoms with E-state index in [0.717, 1.165) is 10.6 Å². The predicted molar refractivity (Wildman–Crippen MR) is 205 cm³/mol. The standard InChI is InChI=1S/C41H32BrCl2N3O6/c1-3-21-4-10-25(11-5-21)46-37(49)28-15-14-27-29(35(28)39(46)51)20-31-38(50)47(45-33-16-9-24(43)19-32(33)44)40(52)41(31,22-6-12-26(53-2)13-7-22)36(27)30-18-23(42)8-17-34(30)48/h3-14,16-19,28-29,31,35-36,45,48H,1,15,20H2,2H3/t28-,29+,31-,35-,36+,41+/m0/s1. The summed E-state index contributed by atoms with van der Waals surface area (Å²) in [5.74, 6) is -5.36. The van der Waals surface area contributed by atoms with E-state index < -0.39 is 46.8 Å². The SMILES string of the molecule is C=Cc1ccc(N2C(=O)[C@H]3[C@H](CC=C4[C@H]3C[C@H]3C(=O)N(Nc5ccc(Cl)cc5Cl)C(=O)[C@@]3(c3ccc(OC)cc3)[C@H]4c3cc(Br)ccc3O)C2=O)cc1. The summed E-state index contributed by atoms with van der Waals surface area (Å²) in [6, 6.07) is 23.7. The number of anilines is 2. The number of halogens is 3. The van der Waals surface area contributed by atoms with Crippen molar-refractivity contribution in [2.24, 2.45) is 23.7 Å². The van der Waals surface area contributed by atoms with Gasteiger partial charge in [0.25, 0.3) is 11.8 Å². The van der Waals surface area contributed by atoms with E-state index >= 15 is 4.79 Å². The second-order valence-corrected chi connectivity index (χ2v) is 15.5. The van der Waals surface area contributed by atoms with E-state index in [-0.39, 0.29) is 41.1 Å². The lowest BCUT2D eigenvalue weighted by atomic mass is 9.49. The molecule has 4 amide bonds. The van der Waals surface area contributed by atoms with Gasteiger partial charge in [-0.05, 0) is 90.6 Å². The molecule has 2 aliphatic heterocycles. The molecule has 2 N–H and O–H groups in total. The van der Waals surface area contributed by atoms with Crippen LogP contribution in [0.5, 0.6) is 11.5 Å². The van der Waals surface area contributed by atoms with Gasteiger partial charge in [0, 0.05) is 21.0 Å². The summed E-state index contributed by atoms with van der Waals surface area (Å²) in [5.41, 5.74) is 4.60. The normalized spacial score (nSPS) is 26.2. The van der Waals surface area contributed by atoms with E-state index in [0.29, 0.717) is 37.6 Å². The molecule has 4 aromatic rings. The van der Waals surface area contributed by atoms with E-state index in [1.807, 2.05) is 6.08 Å². The lowest BCUT2D eigenvalue weighted by Crippen LogP contribution is -2.53. The monoisotopic (exact) mass is 811 g/mol. The van der Waals surface area contributed by atoms with E-state index in [1.54, 1.807) is 78.9 Å². The average Bonchev–Trinajstić information content (AvgIpc) is 3.54. The summed E-state index contributed by atoms with van der Waals surface area (Å²) in [6.07, 6.45) is 3.95. The molecule has 0 unspecified atom stereocenters. The lowest BCUT2D eigenvalue weighted by molar-refractivity contribution is -0.138. The molecule has 2 aliphatic carbocycles. The number of hydrogen-bond acceptors (Lipinski definition) is 7. The second kappa shape index (κ2) is 13.2. The van der Waals surface area contributed by atoms with Crippen LogP contribution in [0.1, 0.15) is 35.4 Å². The van der Waals surface area contributed by atoms with E-state index in [9.17, 15) is 19.5 Å². The fraction of sp³-hybridized carbons (Fsp3) is 0.220. The van der Waals surface area contributed by atoms with Crippen molar-refractivity contribution < 1.29 is 29.0 Å². The van der Waals surface area contributed by atoms with Crippen molar-refractivity contribution >= 4 is 80.2 Å². The van der Waals surface area contributed by atoms with Gasteiger partial charge >= 0.3 is 0 Å². The fourth-order valence-electron chi connectivity index (χ4n) is 8.96. The van der Waals surface area contributed by atoms with Crippen molar-refractivity contribution in [2.45, 2.75) is 24.2 Å². The Kier molecular flexibility index (Phi) is 8.75. The quantitative estimate of drug-likeness (QED) is 0.143. The second-order valence-electron chi connectivity index (χ2n) is 13.7. The van der Waals surface area contributed by atoms with Gasteiger partial charge in [-0.15, -0.1) is 0 Å². The molecule has 53 heavy (non-hydrogen) atoms. The Bertz CT molecular complexity index is 2260. The van der Waals surface area contributed by atoms with Crippen LogP contribution in [-0.4, -0.2) is 40.9 Å². The van der Waals surface area contributed by atoms with Gasteiger partial charge in [0.2, 0.25) is 11.8 Å². The minimum absolute atomic E-state index is 0.0846. The maximum Gasteiger partial charge on any atom is 0.260 e. The number of allylic oxidation sites excluding steroid dienone is 2. The third-order valence-electron chi connectivity index (χ3n) is 11.3.